The highest BCUT2D eigenvalue weighted by atomic mass is 19.4. The summed E-state index contributed by atoms with van der Waals surface area (Å²) in [5.74, 6) is 0.836. The molecular formula is C35H34F3N3O+2. The highest BCUT2D eigenvalue weighted by Gasteiger charge is 2.54. The molecule has 214 valence electrons. The molecule has 3 aromatic carbocycles. The number of rotatable bonds is 7. The van der Waals surface area contributed by atoms with E-state index in [2.05, 4.69) is 18.7 Å². The Kier molecular flexibility index (Phi) is 7.38. The molecule has 2 bridgehead atoms. The van der Waals surface area contributed by atoms with Gasteiger partial charge in [-0.3, -0.25) is 0 Å². The number of piperidine rings is 3. The van der Waals surface area contributed by atoms with Gasteiger partial charge in [0.1, 0.15) is 18.7 Å². The number of para-hydroxylation sites is 1. The van der Waals surface area contributed by atoms with Crippen molar-refractivity contribution < 1.29 is 27.3 Å². The Bertz CT molecular complexity index is 1660. The summed E-state index contributed by atoms with van der Waals surface area (Å²) >= 11 is 0. The van der Waals surface area contributed by atoms with Crippen molar-refractivity contribution in [1.29, 1.82) is 5.26 Å². The third-order valence-corrected chi connectivity index (χ3v) is 9.57. The molecule has 7 heteroatoms. The molecule has 1 N–H and O–H groups in total. The maximum atomic E-state index is 13.1. The lowest BCUT2D eigenvalue weighted by Gasteiger charge is -2.58. The first-order valence-corrected chi connectivity index (χ1v) is 14.4. The van der Waals surface area contributed by atoms with E-state index in [1.54, 1.807) is 0 Å². The van der Waals surface area contributed by atoms with Crippen LogP contribution < -0.4 is 4.57 Å². The van der Waals surface area contributed by atoms with Crippen LogP contribution in [-0.4, -0.2) is 28.7 Å². The Morgan fingerprint density at radius 2 is 1.79 bits per heavy atom. The van der Waals surface area contributed by atoms with Crippen LogP contribution in [0.2, 0.25) is 0 Å². The SMILES string of the molecule is C=C[C@H]1C[N+]2(Cc3ccccc3C#N)CC[C@H]1C[C@H]2[C@H](O)c1cc[n+](Cc2ccc(C(F)(F)F)cc2)c2ccccc12. The zero-order chi connectivity index (χ0) is 29.5. The fourth-order valence-electron chi connectivity index (χ4n) is 7.40. The molecule has 3 aliphatic heterocycles. The van der Waals surface area contributed by atoms with Gasteiger partial charge in [-0.2, -0.15) is 23.0 Å². The number of aromatic nitrogens is 1. The number of nitriles is 1. The molecule has 1 aromatic heterocycles. The number of hydrogen-bond donors (Lipinski definition) is 1. The Balaban J connectivity index is 1.35. The van der Waals surface area contributed by atoms with Crippen LogP contribution in [0.3, 0.4) is 0 Å². The van der Waals surface area contributed by atoms with E-state index in [1.165, 1.54) is 12.1 Å². The van der Waals surface area contributed by atoms with Crippen molar-refractivity contribution in [1.82, 2.24) is 0 Å². The molecule has 4 aromatic rings. The van der Waals surface area contributed by atoms with E-state index in [9.17, 15) is 23.5 Å². The summed E-state index contributed by atoms with van der Waals surface area (Å²) in [7, 11) is 0. The van der Waals surface area contributed by atoms with Crippen LogP contribution in [0.25, 0.3) is 10.9 Å². The van der Waals surface area contributed by atoms with E-state index in [-0.39, 0.29) is 6.04 Å². The number of quaternary nitrogens is 1. The molecular weight excluding hydrogens is 535 g/mol. The highest BCUT2D eigenvalue weighted by molar-refractivity contribution is 5.79. The van der Waals surface area contributed by atoms with Gasteiger partial charge < -0.3 is 9.59 Å². The van der Waals surface area contributed by atoms with Crippen molar-refractivity contribution in [2.24, 2.45) is 11.8 Å². The van der Waals surface area contributed by atoms with Gasteiger partial charge in [0.2, 0.25) is 5.52 Å². The normalized spacial score (nSPS) is 24.3. The second-order valence-electron chi connectivity index (χ2n) is 11.9. The van der Waals surface area contributed by atoms with Gasteiger partial charge in [-0.05, 0) is 30.2 Å². The molecule has 3 saturated heterocycles. The summed E-state index contributed by atoms with van der Waals surface area (Å²) < 4.78 is 41.9. The Morgan fingerprint density at radius 1 is 1.05 bits per heavy atom. The monoisotopic (exact) mass is 569 g/mol. The average molecular weight is 570 g/mol. The lowest BCUT2D eigenvalue weighted by Crippen LogP contribution is -2.67. The van der Waals surface area contributed by atoms with Gasteiger partial charge in [-0.1, -0.05) is 48.5 Å². The summed E-state index contributed by atoms with van der Waals surface area (Å²) in [6.45, 7) is 7.04. The van der Waals surface area contributed by atoms with Gasteiger partial charge in [0.25, 0.3) is 0 Å². The number of alkyl halides is 3. The Labute approximate surface area is 244 Å². The van der Waals surface area contributed by atoms with Crippen LogP contribution in [0.15, 0.2) is 97.7 Å². The van der Waals surface area contributed by atoms with Crippen molar-refractivity contribution >= 4 is 10.9 Å². The van der Waals surface area contributed by atoms with Gasteiger partial charge in [-0.25, -0.2) is 0 Å². The second-order valence-corrected chi connectivity index (χ2v) is 11.9. The second kappa shape index (κ2) is 11.0. The Morgan fingerprint density at radius 3 is 2.52 bits per heavy atom. The van der Waals surface area contributed by atoms with Crippen LogP contribution in [0.4, 0.5) is 13.2 Å². The average Bonchev–Trinajstić information content (AvgIpc) is 3.01. The predicted molar refractivity (Wildman–Crippen MR) is 155 cm³/mol. The van der Waals surface area contributed by atoms with Gasteiger partial charge in [0.15, 0.2) is 12.7 Å². The predicted octanol–water partition coefficient (Wildman–Crippen LogP) is 6.71. The number of halogens is 3. The first-order chi connectivity index (χ1) is 20.2. The quantitative estimate of drug-likeness (QED) is 0.153. The minimum atomic E-state index is -4.37. The zero-order valence-corrected chi connectivity index (χ0v) is 23.3. The van der Waals surface area contributed by atoms with Crippen molar-refractivity contribution in [3.63, 3.8) is 0 Å². The zero-order valence-electron chi connectivity index (χ0n) is 23.3. The number of hydrogen-bond acceptors (Lipinski definition) is 2. The molecule has 0 saturated carbocycles. The molecule has 0 amide bonds. The topological polar surface area (TPSA) is 47.9 Å². The maximum Gasteiger partial charge on any atom is 0.416 e. The highest BCUT2D eigenvalue weighted by Crippen LogP contribution is 2.48. The van der Waals surface area contributed by atoms with Crippen molar-refractivity contribution in [2.75, 3.05) is 13.1 Å². The van der Waals surface area contributed by atoms with Gasteiger partial charge in [0.05, 0.1) is 35.7 Å². The summed E-state index contributed by atoms with van der Waals surface area (Å²) in [4.78, 5) is 0. The van der Waals surface area contributed by atoms with Gasteiger partial charge in [0, 0.05) is 47.6 Å². The minimum Gasteiger partial charge on any atom is -0.382 e. The molecule has 4 heterocycles. The lowest BCUT2D eigenvalue weighted by atomic mass is 9.71. The molecule has 3 aliphatic rings. The standard InChI is InChI=1S/C35H34F3N3O/c1-2-25-22-41(23-28-8-4-3-7-27(28)20-39)18-16-26(25)19-33(41)34(42)31-15-17-40(32-10-6-5-9-30(31)32)21-24-11-13-29(14-12-24)35(36,37)38/h2-15,17,25-26,33-34,42H,1,16,18-19,21-23H2/q+2/t25-,26-,33-,34+,41?/m0/s1. The molecule has 1 unspecified atom stereocenters. The molecule has 0 spiro atoms. The molecule has 42 heavy (non-hydrogen) atoms. The van der Waals surface area contributed by atoms with Crippen LogP contribution >= 0.6 is 0 Å². The number of fused-ring (bicyclic) bond motifs is 4. The lowest BCUT2D eigenvalue weighted by molar-refractivity contribution is -0.985. The molecule has 4 nitrogen and oxygen atoms in total. The van der Waals surface area contributed by atoms with Crippen molar-refractivity contribution in [3.05, 3.63) is 126 Å². The van der Waals surface area contributed by atoms with E-state index >= 15 is 0 Å². The fraction of sp³-hybridized carbons (Fsp3) is 0.314. The Hall–Kier alpha value is -3.99. The summed E-state index contributed by atoms with van der Waals surface area (Å²) in [6, 6.07) is 25.2. The van der Waals surface area contributed by atoms with Crippen LogP contribution in [0.5, 0.6) is 0 Å². The van der Waals surface area contributed by atoms with E-state index in [4.69, 9.17) is 0 Å². The summed E-state index contributed by atoms with van der Waals surface area (Å²) in [5.41, 5.74) is 3.55. The largest absolute Gasteiger partial charge is 0.416 e. The number of benzene rings is 3. The molecule has 5 atom stereocenters. The third kappa shape index (κ3) is 5.10. The first kappa shape index (κ1) is 28.1. The number of nitrogens with zero attached hydrogens (tertiary/aromatic N) is 3. The number of aliphatic hydroxyl groups is 1. The van der Waals surface area contributed by atoms with Crippen molar-refractivity contribution in [2.45, 2.75) is 44.3 Å². The molecule has 3 fully saturated rings. The third-order valence-electron chi connectivity index (χ3n) is 9.57. The number of pyridine rings is 1. The molecule has 0 radical (unpaired) electrons. The smallest absolute Gasteiger partial charge is 0.382 e. The van der Waals surface area contributed by atoms with E-state index < -0.39 is 17.8 Å². The maximum absolute atomic E-state index is 13.1. The summed E-state index contributed by atoms with van der Waals surface area (Å²) in [5, 5.41) is 22.9. The van der Waals surface area contributed by atoms with Gasteiger partial charge >= 0.3 is 6.18 Å². The van der Waals surface area contributed by atoms with E-state index in [0.29, 0.717) is 35.0 Å². The van der Waals surface area contributed by atoms with Crippen LogP contribution in [0, 0.1) is 23.2 Å². The molecule has 0 aliphatic carbocycles. The fourth-order valence-corrected chi connectivity index (χ4v) is 7.40. The van der Waals surface area contributed by atoms with Crippen LogP contribution in [-0.2, 0) is 19.3 Å². The molecule has 7 rings (SSSR count). The van der Waals surface area contributed by atoms with Crippen molar-refractivity contribution in [3.8, 4) is 6.07 Å². The van der Waals surface area contributed by atoms with E-state index in [0.717, 1.165) is 65.7 Å². The van der Waals surface area contributed by atoms with E-state index in [1.807, 2.05) is 65.4 Å². The summed E-state index contributed by atoms with van der Waals surface area (Å²) in [6.07, 6.45) is 0.846. The van der Waals surface area contributed by atoms with Gasteiger partial charge in [-0.15, -0.1) is 6.58 Å². The van der Waals surface area contributed by atoms with Crippen LogP contribution in [0.1, 0.15) is 46.8 Å². The minimum absolute atomic E-state index is 0.0409. The number of aliphatic hydroxyl groups excluding tert-OH is 1. The first-order valence-electron chi connectivity index (χ1n) is 14.4.